The van der Waals surface area contributed by atoms with Crippen LogP contribution in [-0.4, -0.2) is 43.5 Å². The first-order valence-electron chi connectivity index (χ1n) is 5.32. The van der Waals surface area contributed by atoms with Crippen LogP contribution in [-0.2, 0) is 4.79 Å². The zero-order valence-corrected chi connectivity index (χ0v) is 9.12. The highest BCUT2D eigenvalue weighted by atomic mass is 16.1. The molecule has 0 bridgehead atoms. The van der Waals surface area contributed by atoms with Crippen LogP contribution in [0.3, 0.4) is 0 Å². The number of likely N-dealkylation sites (tertiary alicyclic amines) is 1. The van der Waals surface area contributed by atoms with Gasteiger partial charge in [-0.2, -0.15) is 0 Å². The van der Waals surface area contributed by atoms with Crippen LogP contribution in [0.4, 0.5) is 0 Å². The highest BCUT2D eigenvalue weighted by Gasteiger charge is 2.23. The second kappa shape index (κ2) is 5.32. The average Bonchev–Trinajstić information content (AvgIpc) is 2.18. The summed E-state index contributed by atoms with van der Waals surface area (Å²) in [6.45, 7) is 4.50. The van der Waals surface area contributed by atoms with Gasteiger partial charge in [-0.15, -0.1) is 0 Å². The van der Waals surface area contributed by atoms with E-state index in [-0.39, 0.29) is 17.9 Å². The Morgan fingerprint density at radius 3 is 2.64 bits per heavy atom. The number of nitrogens with one attached hydrogen (secondary N) is 1. The van der Waals surface area contributed by atoms with Gasteiger partial charge in [-0.3, -0.25) is 4.79 Å². The summed E-state index contributed by atoms with van der Waals surface area (Å²) in [5.74, 6) is 0.372. The molecule has 1 rings (SSSR count). The van der Waals surface area contributed by atoms with Crippen LogP contribution in [0.15, 0.2) is 0 Å². The van der Waals surface area contributed by atoms with E-state index in [9.17, 15) is 4.79 Å². The average molecular weight is 199 g/mol. The van der Waals surface area contributed by atoms with Crippen molar-refractivity contribution < 1.29 is 4.79 Å². The zero-order chi connectivity index (χ0) is 10.6. The van der Waals surface area contributed by atoms with Crippen molar-refractivity contribution in [2.24, 2.45) is 11.7 Å². The van der Waals surface area contributed by atoms with Crippen molar-refractivity contribution in [2.75, 3.05) is 26.7 Å². The van der Waals surface area contributed by atoms with Gasteiger partial charge in [0, 0.05) is 18.5 Å². The lowest BCUT2D eigenvalue weighted by atomic mass is 9.96. The van der Waals surface area contributed by atoms with E-state index >= 15 is 0 Å². The van der Waals surface area contributed by atoms with Gasteiger partial charge in [0.05, 0.1) is 0 Å². The van der Waals surface area contributed by atoms with Crippen molar-refractivity contribution in [2.45, 2.75) is 25.8 Å². The number of carbonyl (C=O) groups excluding carboxylic acids is 1. The number of nitrogens with zero attached hydrogens (tertiary/aromatic N) is 1. The van der Waals surface area contributed by atoms with Crippen molar-refractivity contribution >= 4 is 5.91 Å². The van der Waals surface area contributed by atoms with Crippen LogP contribution in [0, 0.1) is 5.92 Å². The molecule has 3 N–H and O–H groups in total. The maximum Gasteiger partial charge on any atom is 0.223 e. The molecule has 1 amide bonds. The zero-order valence-electron chi connectivity index (χ0n) is 9.12. The third-order valence-electron chi connectivity index (χ3n) is 2.83. The molecule has 1 heterocycles. The van der Waals surface area contributed by atoms with E-state index in [1.54, 1.807) is 0 Å². The summed E-state index contributed by atoms with van der Waals surface area (Å²) < 4.78 is 0. The normalized spacial score (nSPS) is 21.9. The summed E-state index contributed by atoms with van der Waals surface area (Å²) in [6, 6.07) is 0.0992. The minimum atomic E-state index is 0.0992. The number of nitrogens with two attached hydrogens (primary N) is 1. The van der Waals surface area contributed by atoms with Crippen molar-refractivity contribution in [3.05, 3.63) is 0 Å². The number of piperidine rings is 1. The molecule has 4 heteroatoms. The Balaban J connectivity index is 2.30. The molecular formula is C10H21N3O. The van der Waals surface area contributed by atoms with Gasteiger partial charge in [-0.25, -0.2) is 0 Å². The lowest BCUT2D eigenvalue weighted by molar-refractivity contribution is -0.126. The van der Waals surface area contributed by atoms with E-state index in [2.05, 4.69) is 17.3 Å². The quantitative estimate of drug-likeness (QED) is 0.661. The Hall–Kier alpha value is -0.610. The molecule has 1 aliphatic heterocycles. The maximum atomic E-state index is 11.7. The molecule has 0 aromatic carbocycles. The van der Waals surface area contributed by atoms with Crippen LogP contribution in [0.2, 0.25) is 0 Å². The molecule has 1 fully saturated rings. The molecular weight excluding hydrogens is 178 g/mol. The molecule has 0 aromatic rings. The minimum Gasteiger partial charge on any atom is -0.352 e. The van der Waals surface area contributed by atoms with E-state index in [1.807, 2.05) is 6.92 Å². The van der Waals surface area contributed by atoms with Gasteiger partial charge in [0.1, 0.15) is 0 Å². The fraction of sp³-hybridized carbons (Fsp3) is 0.900. The van der Waals surface area contributed by atoms with E-state index in [1.165, 1.54) is 0 Å². The van der Waals surface area contributed by atoms with Crippen molar-refractivity contribution in [1.82, 2.24) is 10.2 Å². The molecule has 4 nitrogen and oxygen atoms in total. The number of amides is 1. The van der Waals surface area contributed by atoms with Crippen LogP contribution in [0.1, 0.15) is 19.8 Å². The van der Waals surface area contributed by atoms with Gasteiger partial charge >= 0.3 is 0 Å². The van der Waals surface area contributed by atoms with Crippen molar-refractivity contribution in [3.63, 3.8) is 0 Å². The standard InChI is InChI=1S/C10H21N3O/c1-8(7-11)12-10(14)9-3-5-13(2)6-4-9/h8-9H,3-7,11H2,1-2H3,(H,12,14). The number of rotatable bonds is 3. The van der Waals surface area contributed by atoms with E-state index in [0.29, 0.717) is 6.54 Å². The van der Waals surface area contributed by atoms with Crippen LogP contribution < -0.4 is 11.1 Å². The first-order chi connectivity index (χ1) is 6.63. The molecule has 0 aromatic heterocycles. The predicted octanol–water partition coefficient (Wildman–Crippen LogP) is -0.208. The highest BCUT2D eigenvalue weighted by molar-refractivity contribution is 5.79. The summed E-state index contributed by atoms with van der Waals surface area (Å²) in [6.07, 6.45) is 1.94. The van der Waals surface area contributed by atoms with E-state index in [0.717, 1.165) is 25.9 Å². The van der Waals surface area contributed by atoms with Gasteiger partial charge in [0.2, 0.25) is 5.91 Å². The smallest absolute Gasteiger partial charge is 0.223 e. The molecule has 0 radical (unpaired) electrons. The molecule has 82 valence electrons. The summed E-state index contributed by atoms with van der Waals surface area (Å²) >= 11 is 0. The fourth-order valence-electron chi connectivity index (χ4n) is 1.69. The SMILES string of the molecule is CC(CN)NC(=O)C1CCN(C)CC1. The van der Waals surface area contributed by atoms with Gasteiger partial charge < -0.3 is 16.0 Å². The molecule has 1 unspecified atom stereocenters. The third-order valence-corrected chi connectivity index (χ3v) is 2.83. The number of carbonyl (C=O) groups is 1. The van der Waals surface area contributed by atoms with Crippen LogP contribution in [0.25, 0.3) is 0 Å². The van der Waals surface area contributed by atoms with Crippen molar-refractivity contribution in [1.29, 1.82) is 0 Å². The van der Waals surface area contributed by atoms with E-state index in [4.69, 9.17) is 5.73 Å². The van der Waals surface area contributed by atoms with Crippen molar-refractivity contribution in [3.8, 4) is 0 Å². The Morgan fingerprint density at radius 2 is 2.14 bits per heavy atom. The molecule has 1 saturated heterocycles. The largest absolute Gasteiger partial charge is 0.352 e. The second-order valence-electron chi connectivity index (χ2n) is 4.22. The Bertz CT molecular complexity index is 188. The van der Waals surface area contributed by atoms with Gasteiger partial charge in [-0.05, 0) is 39.9 Å². The summed E-state index contributed by atoms with van der Waals surface area (Å²) in [7, 11) is 2.09. The lowest BCUT2D eigenvalue weighted by Crippen LogP contribution is -2.44. The first-order valence-corrected chi connectivity index (χ1v) is 5.32. The molecule has 14 heavy (non-hydrogen) atoms. The summed E-state index contributed by atoms with van der Waals surface area (Å²) in [4.78, 5) is 13.9. The minimum absolute atomic E-state index is 0.0992. The van der Waals surface area contributed by atoms with Crippen LogP contribution >= 0.6 is 0 Å². The van der Waals surface area contributed by atoms with Gasteiger partial charge in [-0.1, -0.05) is 0 Å². The molecule has 0 aliphatic carbocycles. The predicted molar refractivity (Wildman–Crippen MR) is 56.9 cm³/mol. The van der Waals surface area contributed by atoms with Crippen LogP contribution in [0.5, 0.6) is 0 Å². The molecule has 1 aliphatic rings. The Kier molecular flexibility index (Phi) is 4.35. The summed E-state index contributed by atoms with van der Waals surface area (Å²) in [5.41, 5.74) is 5.45. The fourth-order valence-corrected chi connectivity index (χ4v) is 1.69. The van der Waals surface area contributed by atoms with Gasteiger partial charge in [0.25, 0.3) is 0 Å². The second-order valence-corrected chi connectivity index (χ2v) is 4.22. The molecule has 0 spiro atoms. The maximum absolute atomic E-state index is 11.7. The Morgan fingerprint density at radius 1 is 1.57 bits per heavy atom. The first kappa shape index (κ1) is 11.5. The van der Waals surface area contributed by atoms with Gasteiger partial charge in [0.15, 0.2) is 0 Å². The number of hydrogen-bond donors (Lipinski definition) is 2. The van der Waals surface area contributed by atoms with E-state index < -0.39 is 0 Å². The Labute approximate surface area is 85.8 Å². The topological polar surface area (TPSA) is 58.4 Å². The lowest BCUT2D eigenvalue weighted by Gasteiger charge is -2.28. The summed E-state index contributed by atoms with van der Waals surface area (Å²) in [5, 5.41) is 2.93. The molecule has 0 saturated carbocycles. The monoisotopic (exact) mass is 199 g/mol. The number of hydrogen-bond acceptors (Lipinski definition) is 3. The third kappa shape index (κ3) is 3.27. The highest BCUT2D eigenvalue weighted by Crippen LogP contribution is 2.15. The molecule has 1 atom stereocenters.